The number of rotatable bonds is 4. The van der Waals surface area contributed by atoms with E-state index in [0.717, 1.165) is 11.2 Å². The molecule has 2 rings (SSSR count). The van der Waals surface area contributed by atoms with Crippen molar-refractivity contribution in [3.8, 4) is 0 Å². The number of aromatic nitrogens is 1. The van der Waals surface area contributed by atoms with E-state index in [4.69, 9.17) is 4.74 Å². The zero-order valence-electron chi connectivity index (χ0n) is 11.8. The number of methoxy groups -OCH3 is 2. The summed E-state index contributed by atoms with van der Waals surface area (Å²) < 4.78 is 11.7. The van der Waals surface area contributed by atoms with Gasteiger partial charge in [0.15, 0.2) is 0 Å². The van der Waals surface area contributed by atoms with Crippen molar-refractivity contribution in [3.63, 3.8) is 0 Å². The van der Waals surface area contributed by atoms with Gasteiger partial charge in [0.25, 0.3) is 0 Å². The maximum Gasteiger partial charge on any atom is 0.373 e. The minimum Gasteiger partial charge on any atom is -0.490 e. The summed E-state index contributed by atoms with van der Waals surface area (Å²) in [6, 6.07) is 10.2. The van der Waals surface area contributed by atoms with Gasteiger partial charge >= 0.3 is 5.97 Å². The van der Waals surface area contributed by atoms with Crippen molar-refractivity contribution in [2.24, 2.45) is 7.05 Å². The molecule has 0 atom stereocenters. The number of aryl methyl sites for hydroxylation is 1. The molecule has 0 N–H and O–H groups in total. The number of fused-ring (bicyclic) bond motifs is 1. The molecule has 0 unspecified atom stereocenters. The highest BCUT2D eigenvalue weighted by molar-refractivity contribution is 5.87. The molecule has 4 heteroatoms. The Balaban J connectivity index is 2.28. The van der Waals surface area contributed by atoms with Crippen LogP contribution in [-0.4, -0.2) is 24.8 Å². The molecule has 4 nitrogen and oxygen atoms in total. The van der Waals surface area contributed by atoms with Gasteiger partial charge in [-0.3, -0.25) is 0 Å². The number of carbonyl (C=O) groups excluding carboxylic acids is 1. The standard InChI is InChI=1S/C16H17NO3/c1-17-13(11-12-7-4-5-9-14(12)17)8-6-10-15(19-2)16(18)20-3/h4-11H,1-3H3/b8-6+,15-10-. The third kappa shape index (κ3) is 2.74. The lowest BCUT2D eigenvalue weighted by atomic mass is 10.2. The van der Waals surface area contributed by atoms with E-state index in [2.05, 4.69) is 27.5 Å². The summed E-state index contributed by atoms with van der Waals surface area (Å²) in [5.74, 6) is -0.322. The number of benzene rings is 1. The van der Waals surface area contributed by atoms with Crippen LogP contribution in [0.2, 0.25) is 0 Å². The van der Waals surface area contributed by atoms with Gasteiger partial charge < -0.3 is 14.0 Å². The average molecular weight is 271 g/mol. The topological polar surface area (TPSA) is 40.5 Å². The van der Waals surface area contributed by atoms with E-state index in [1.165, 1.54) is 19.6 Å². The maximum atomic E-state index is 11.3. The Morgan fingerprint density at radius 3 is 2.60 bits per heavy atom. The van der Waals surface area contributed by atoms with Crippen LogP contribution in [0.5, 0.6) is 0 Å². The van der Waals surface area contributed by atoms with E-state index in [9.17, 15) is 4.79 Å². The monoisotopic (exact) mass is 271 g/mol. The normalized spacial score (nSPS) is 12.1. The molecule has 0 fully saturated rings. The van der Waals surface area contributed by atoms with E-state index in [0.29, 0.717) is 0 Å². The van der Waals surface area contributed by atoms with Crippen LogP contribution in [0.3, 0.4) is 0 Å². The van der Waals surface area contributed by atoms with E-state index in [1.807, 2.05) is 25.3 Å². The first-order valence-corrected chi connectivity index (χ1v) is 6.22. The average Bonchev–Trinajstić information content (AvgIpc) is 2.80. The molecule has 0 aliphatic heterocycles. The Kier molecular flexibility index (Phi) is 4.25. The first-order chi connectivity index (χ1) is 9.67. The Labute approximate surface area is 117 Å². The molecule has 20 heavy (non-hydrogen) atoms. The Bertz CT molecular complexity index is 680. The van der Waals surface area contributed by atoms with E-state index in [-0.39, 0.29) is 5.76 Å². The van der Waals surface area contributed by atoms with Gasteiger partial charge in [-0.15, -0.1) is 0 Å². The molecule has 0 aliphatic rings. The second-order valence-corrected chi connectivity index (χ2v) is 4.27. The van der Waals surface area contributed by atoms with Crippen LogP contribution in [-0.2, 0) is 21.3 Å². The molecule has 1 aromatic carbocycles. The minimum atomic E-state index is -0.491. The lowest BCUT2D eigenvalue weighted by molar-refractivity contribution is -0.139. The van der Waals surface area contributed by atoms with Gasteiger partial charge in [0.1, 0.15) is 0 Å². The number of allylic oxidation sites excluding steroid dienone is 2. The van der Waals surface area contributed by atoms with Crippen LogP contribution >= 0.6 is 0 Å². The number of para-hydroxylation sites is 1. The van der Waals surface area contributed by atoms with Gasteiger partial charge in [-0.1, -0.05) is 24.3 Å². The zero-order chi connectivity index (χ0) is 14.5. The molecule has 1 aromatic heterocycles. The first kappa shape index (κ1) is 13.9. The SMILES string of the molecule is COC(=O)/C(=C/C=C/c1cc2ccccc2n1C)OC. The third-order valence-corrected chi connectivity index (χ3v) is 3.11. The number of ether oxygens (including phenoxy) is 2. The zero-order valence-corrected chi connectivity index (χ0v) is 11.8. The molecular weight excluding hydrogens is 254 g/mol. The predicted molar refractivity (Wildman–Crippen MR) is 79.1 cm³/mol. The fourth-order valence-electron chi connectivity index (χ4n) is 2.02. The van der Waals surface area contributed by atoms with Crippen LogP contribution in [0, 0.1) is 0 Å². The van der Waals surface area contributed by atoms with E-state index >= 15 is 0 Å². The molecule has 0 amide bonds. The fraction of sp³-hybridized carbons (Fsp3) is 0.188. The van der Waals surface area contributed by atoms with Gasteiger partial charge in [0.05, 0.1) is 14.2 Å². The van der Waals surface area contributed by atoms with Gasteiger partial charge in [-0.2, -0.15) is 0 Å². The molecule has 0 spiro atoms. The van der Waals surface area contributed by atoms with Crippen LogP contribution in [0.25, 0.3) is 17.0 Å². The van der Waals surface area contributed by atoms with Crippen LogP contribution in [0.15, 0.2) is 48.2 Å². The number of hydrogen-bond donors (Lipinski definition) is 0. The minimum absolute atomic E-state index is 0.169. The highest BCUT2D eigenvalue weighted by Gasteiger charge is 2.07. The molecule has 0 radical (unpaired) electrons. The summed E-state index contributed by atoms with van der Waals surface area (Å²) in [6.45, 7) is 0. The maximum absolute atomic E-state index is 11.3. The summed E-state index contributed by atoms with van der Waals surface area (Å²) in [5, 5.41) is 1.18. The second-order valence-electron chi connectivity index (χ2n) is 4.27. The fourth-order valence-corrected chi connectivity index (χ4v) is 2.02. The Morgan fingerprint density at radius 1 is 1.20 bits per heavy atom. The lowest BCUT2D eigenvalue weighted by Crippen LogP contribution is -2.05. The second kappa shape index (κ2) is 6.10. The molecule has 104 valence electrons. The summed E-state index contributed by atoms with van der Waals surface area (Å²) in [7, 11) is 4.76. The molecule has 2 aromatic rings. The lowest BCUT2D eigenvalue weighted by Gasteiger charge is -2.01. The highest BCUT2D eigenvalue weighted by atomic mass is 16.6. The van der Waals surface area contributed by atoms with Crippen molar-refractivity contribution in [3.05, 3.63) is 53.9 Å². The van der Waals surface area contributed by atoms with Crippen LogP contribution in [0.1, 0.15) is 5.69 Å². The smallest absolute Gasteiger partial charge is 0.373 e. The van der Waals surface area contributed by atoms with Crippen molar-refractivity contribution in [1.29, 1.82) is 0 Å². The largest absolute Gasteiger partial charge is 0.490 e. The van der Waals surface area contributed by atoms with E-state index in [1.54, 1.807) is 12.2 Å². The summed E-state index contributed by atoms with van der Waals surface area (Å²) >= 11 is 0. The predicted octanol–water partition coefficient (Wildman–Crippen LogP) is 2.89. The van der Waals surface area contributed by atoms with Gasteiger partial charge in [0.2, 0.25) is 5.76 Å². The molecule has 0 saturated carbocycles. The summed E-state index contributed by atoms with van der Waals surface area (Å²) in [4.78, 5) is 11.3. The highest BCUT2D eigenvalue weighted by Crippen LogP contribution is 2.19. The molecule has 0 bridgehead atoms. The van der Waals surface area contributed by atoms with Crippen LogP contribution in [0.4, 0.5) is 0 Å². The number of carbonyl (C=O) groups is 1. The first-order valence-electron chi connectivity index (χ1n) is 6.22. The summed E-state index contributed by atoms with van der Waals surface area (Å²) in [6.07, 6.45) is 5.27. The molecule has 0 aliphatic carbocycles. The van der Waals surface area contributed by atoms with Crippen molar-refractivity contribution in [1.82, 2.24) is 4.57 Å². The Morgan fingerprint density at radius 2 is 1.95 bits per heavy atom. The Hall–Kier alpha value is -2.49. The molecular formula is C16H17NO3. The van der Waals surface area contributed by atoms with Crippen molar-refractivity contribution in [2.45, 2.75) is 0 Å². The molecule has 0 saturated heterocycles. The van der Waals surface area contributed by atoms with Gasteiger partial charge in [0, 0.05) is 23.6 Å². The van der Waals surface area contributed by atoms with Gasteiger partial charge in [-0.05, 0) is 24.3 Å². The van der Waals surface area contributed by atoms with Gasteiger partial charge in [-0.25, -0.2) is 4.79 Å². The number of nitrogens with zero attached hydrogens (tertiary/aromatic N) is 1. The quantitative estimate of drug-likeness (QED) is 0.371. The van der Waals surface area contributed by atoms with Crippen LogP contribution < -0.4 is 0 Å². The molecule has 1 heterocycles. The number of hydrogen-bond acceptors (Lipinski definition) is 3. The van der Waals surface area contributed by atoms with Crippen molar-refractivity contribution < 1.29 is 14.3 Å². The number of esters is 1. The third-order valence-electron chi connectivity index (χ3n) is 3.11. The summed E-state index contributed by atoms with van der Waals surface area (Å²) in [5.41, 5.74) is 2.21. The van der Waals surface area contributed by atoms with E-state index < -0.39 is 5.97 Å². The van der Waals surface area contributed by atoms with Crippen molar-refractivity contribution >= 4 is 22.9 Å². The van der Waals surface area contributed by atoms with Crippen molar-refractivity contribution in [2.75, 3.05) is 14.2 Å².